The fraction of sp³-hybridized carbons (Fsp3) is 0.176. The van der Waals surface area contributed by atoms with Gasteiger partial charge in [0.25, 0.3) is 5.91 Å². The zero-order valence-electron chi connectivity index (χ0n) is 13.6. The molecule has 7 heteroatoms. The Morgan fingerprint density at radius 3 is 2.50 bits per heavy atom. The number of anilines is 1. The fourth-order valence-electron chi connectivity index (χ4n) is 2.02. The molecule has 24 heavy (non-hydrogen) atoms. The van der Waals surface area contributed by atoms with Crippen molar-refractivity contribution in [3.63, 3.8) is 0 Å². The van der Waals surface area contributed by atoms with Gasteiger partial charge in [-0.1, -0.05) is 6.07 Å². The van der Waals surface area contributed by atoms with Crippen molar-refractivity contribution in [2.75, 3.05) is 25.8 Å². The highest BCUT2D eigenvalue weighted by Crippen LogP contribution is 2.27. The molecule has 0 saturated heterocycles. The van der Waals surface area contributed by atoms with E-state index in [1.54, 1.807) is 37.1 Å². The van der Waals surface area contributed by atoms with Crippen molar-refractivity contribution in [3.05, 3.63) is 48.0 Å². The van der Waals surface area contributed by atoms with Crippen molar-refractivity contribution in [2.24, 2.45) is 0 Å². The summed E-state index contributed by atoms with van der Waals surface area (Å²) in [7, 11) is 3.06. The van der Waals surface area contributed by atoms with Gasteiger partial charge in [-0.3, -0.25) is 10.1 Å². The molecule has 2 aromatic carbocycles. The van der Waals surface area contributed by atoms with Gasteiger partial charge in [0.15, 0.2) is 16.6 Å². The first kappa shape index (κ1) is 18.1. The molecule has 0 aliphatic heterocycles. The van der Waals surface area contributed by atoms with Gasteiger partial charge in [-0.15, -0.1) is 11.8 Å². The van der Waals surface area contributed by atoms with Crippen molar-refractivity contribution in [1.29, 1.82) is 0 Å². The minimum absolute atomic E-state index is 0.230. The number of nitrogens with one attached hydrogen (secondary N) is 2. The van der Waals surface area contributed by atoms with E-state index in [0.717, 1.165) is 10.6 Å². The molecule has 0 atom stereocenters. The summed E-state index contributed by atoms with van der Waals surface area (Å²) in [6.07, 6.45) is 2.00. The van der Waals surface area contributed by atoms with Crippen molar-refractivity contribution < 1.29 is 14.3 Å². The van der Waals surface area contributed by atoms with Crippen LogP contribution in [-0.2, 0) is 0 Å². The minimum Gasteiger partial charge on any atom is -0.493 e. The third-order valence-electron chi connectivity index (χ3n) is 3.20. The second-order valence-corrected chi connectivity index (χ2v) is 6.00. The normalized spacial score (nSPS) is 9.96. The molecular weight excluding hydrogens is 344 g/mol. The van der Waals surface area contributed by atoms with Crippen LogP contribution in [0.2, 0.25) is 0 Å². The van der Waals surface area contributed by atoms with Crippen molar-refractivity contribution in [2.45, 2.75) is 4.90 Å². The molecule has 1 amide bonds. The third kappa shape index (κ3) is 4.62. The lowest BCUT2D eigenvalue weighted by Gasteiger charge is -2.12. The lowest BCUT2D eigenvalue weighted by Crippen LogP contribution is -2.34. The van der Waals surface area contributed by atoms with Crippen molar-refractivity contribution in [1.82, 2.24) is 5.32 Å². The number of methoxy groups -OCH3 is 2. The van der Waals surface area contributed by atoms with Crippen molar-refractivity contribution in [3.8, 4) is 11.5 Å². The first-order valence-corrected chi connectivity index (χ1v) is 8.69. The number of hydrogen-bond acceptors (Lipinski definition) is 5. The molecule has 0 fully saturated rings. The second-order valence-electron chi connectivity index (χ2n) is 4.71. The highest BCUT2D eigenvalue weighted by molar-refractivity contribution is 7.98. The second kappa shape index (κ2) is 8.56. The summed E-state index contributed by atoms with van der Waals surface area (Å²) in [4.78, 5) is 13.4. The average Bonchev–Trinajstić information content (AvgIpc) is 2.60. The Morgan fingerprint density at radius 1 is 1.08 bits per heavy atom. The maximum absolute atomic E-state index is 12.3. The molecule has 0 spiro atoms. The van der Waals surface area contributed by atoms with E-state index in [0.29, 0.717) is 17.1 Å². The highest BCUT2D eigenvalue weighted by atomic mass is 32.2. The molecule has 2 N–H and O–H groups in total. The fourth-order valence-corrected chi connectivity index (χ4v) is 2.69. The van der Waals surface area contributed by atoms with E-state index >= 15 is 0 Å². The van der Waals surface area contributed by atoms with Gasteiger partial charge in [-0.2, -0.15) is 0 Å². The molecule has 0 aliphatic carbocycles. The summed E-state index contributed by atoms with van der Waals surface area (Å²) in [5.74, 6) is 0.717. The van der Waals surface area contributed by atoms with Gasteiger partial charge in [0.05, 0.1) is 14.2 Å². The molecule has 0 unspecified atom stereocenters. The predicted molar refractivity (Wildman–Crippen MR) is 101 cm³/mol. The van der Waals surface area contributed by atoms with E-state index in [-0.39, 0.29) is 11.0 Å². The Kier molecular flexibility index (Phi) is 6.45. The highest BCUT2D eigenvalue weighted by Gasteiger charge is 2.12. The quantitative estimate of drug-likeness (QED) is 0.627. The monoisotopic (exact) mass is 362 g/mol. The van der Waals surface area contributed by atoms with Crippen LogP contribution in [0.5, 0.6) is 11.5 Å². The van der Waals surface area contributed by atoms with E-state index in [9.17, 15) is 4.79 Å². The summed E-state index contributed by atoms with van der Waals surface area (Å²) in [5.41, 5.74) is 1.24. The van der Waals surface area contributed by atoms with Crippen molar-refractivity contribution >= 4 is 40.7 Å². The Hall–Kier alpha value is -2.25. The Labute approximate surface area is 150 Å². The molecule has 0 bridgehead atoms. The standard InChI is InChI=1S/C17H18N2O3S2/c1-21-14-8-7-11(9-15(14)22-2)16(20)19-17(23)18-12-5-4-6-13(10-12)24-3/h4-10H,1-3H3,(H2,18,19,20,23). The lowest BCUT2D eigenvalue weighted by atomic mass is 10.2. The zero-order chi connectivity index (χ0) is 17.5. The molecule has 5 nitrogen and oxygen atoms in total. The summed E-state index contributed by atoms with van der Waals surface area (Å²) in [5, 5.41) is 5.88. The molecule has 0 heterocycles. The molecule has 0 radical (unpaired) electrons. The van der Waals surface area contributed by atoms with Gasteiger partial charge < -0.3 is 14.8 Å². The van der Waals surface area contributed by atoms with Crippen LogP contribution in [-0.4, -0.2) is 31.5 Å². The zero-order valence-corrected chi connectivity index (χ0v) is 15.2. The average molecular weight is 362 g/mol. The maximum atomic E-state index is 12.3. The molecule has 126 valence electrons. The van der Waals surface area contributed by atoms with Crippen LogP contribution < -0.4 is 20.1 Å². The van der Waals surface area contributed by atoms with E-state index < -0.39 is 0 Å². The predicted octanol–water partition coefficient (Wildman–Crippen LogP) is 3.55. The smallest absolute Gasteiger partial charge is 0.257 e. The van der Waals surface area contributed by atoms with Gasteiger partial charge in [-0.05, 0) is 54.9 Å². The first-order chi connectivity index (χ1) is 11.6. The summed E-state index contributed by atoms with van der Waals surface area (Å²) in [6, 6.07) is 12.7. The number of hydrogen-bond donors (Lipinski definition) is 2. The van der Waals surface area contributed by atoms with Gasteiger partial charge in [0.2, 0.25) is 0 Å². The minimum atomic E-state index is -0.325. The van der Waals surface area contributed by atoms with E-state index in [1.807, 2.05) is 30.5 Å². The van der Waals surface area contributed by atoms with Crippen LogP contribution in [0, 0.1) is 0 Å². The SMILES string of the molecule is COc1ccc(C(=O)NC(=S)Nc2cccc(SC)c2)cc1OC. The summed E-state index contributed by atoms with van der Waals surface area (Å²) < 4.78 is 10.4. The number of benzene rings is 2. The molecule has 0 aliphatic rings. The Balaban J connectivity index is 2.04. The molecule has 0 aromatic heterocycles. The van der Waals surface area contributed by atoms with Gasteiger partial charge >= 0.3 is 0 Å². The molecule has 2 aromatic rings. The van der Waals surface area contributed by atoms with Crippen LogP contribution >= 0.6 is 24.0 Å². The largest absolute Gasteiger partial charge is 0.493 e. The summed E-state index contributed by atoms with van der Waals surface area (Å²) in [6.45, 7) is 0. The van der Waals surface area contributed by atoms with E-state index in [1.165, 1.54) is 7.11 Å². The van der Waals surface area contributed by atoms with Crippen LogP contribution in [0.4, 0.5) is 5.69 Å². The number of thioether (sulfide) groups is 1. The van der Waals surface area contributed by atoms with Crippen LogP contribution in [0.3, 0.4) is 0 Å². The third-order valence-corrected chi connectivity index (χ3v) is 4.13. The number of rotatable bonds is 5. The number of thiocarbonyl (C=S) groups is 1. The van der Waals surface area contributed by atoms with Crippen LogP contribution in [0.25, 0.3) is 0 Å². The Morgan fingerprint density at radius 2 is 1.83 bits per heavy atom. The van der Waals surface area contributed by atoms with Crippen LogP contribution in [0.15, 0.2) is 47.4 Å². The topological polar surface area (TPSA) is 59.6 Å². The molecular formula is C17H18N2O3S2. The van der Waals surface area contributed by atoms with E-state index in [4.69, 9.17) is 21.7 Å². The summed E-state index contributed by atoms with van der Waals surface area (Å²) >= 11 is 6.83. The van der Waals surface area contributed by atoms with Gasteiger partial charge in [0.1, 0.15) is 0 Å². The maximum Gasteiger partial charge on any atom is 0.257 e. The number of ether oxygens (including phenoxy) is 2. The number of carbonyl (C=O) groups excluding carboxylic acids is 1. The van der Waals surface area contributed by atoms with Gasteiger partial charge in [0, 0.05) is 16.1 Å². The molecule has 0 saturated carbocycles. The number of carbonyl (C=O) groups is 1. The molecule has 2 rings (SSSR count). The van der Waals surface area contributed by atoms with E-state index in [2.05, 4.69) is 10.6 Å². The number of amides is 1. The Bertz CT molecular complexity index is 750. The lowest BCUT2D eigenvalue weighted by molar-refractivity contribution is 0.0977. The first-order valence-electron chi connectivity index (χ1n) is 7.05. The van der Waals surface area contributed by atoms with Crippen LogP contribution in [0.1, 0.15) is 10.4 Å². The van der Waals surface area contributed by atoms with Gasteiger partial charge in [-0.25, -0.2) is 0 Å².